The maximum atomic E-state index is 13.3. The van der Waals surface area contributed by atoms with Crippen LogP contribution in [0.25, 0.3) is 0 Å². The highest BCUT2D eigenvalue weighted by Crippen LogP contribution is 2.60. The zero-order valence-corrected chi connectivity index (χ0v) is 16.1. The van der Waals surface area contributed by atoms with E-state index in [0.29, 0.717) is 30.1 Å². The van der Waals surface area contributed by atoms with Gasteiger partial charge in [0.05, 0.1) is 14.2 Å². The van der Waals surface area contributed by atoms with Crippen LogP contribution in [0.2, 0.25) is 0 Å². The monoisotopic (exact) mass is 372 g/mol. The van der Waals surface area contributed by atoms with E-state index < -0.39 is 12.0 Å². The van der Waals surface area contributed by atoms with Crippen LogP contribution in [-0.4, -0.2) is 37.1 Å². The molecule has 4 bridgehead atoms. The summed E-state index contributed by atoms with van der Waals surface area (Å²) in [7, 11) is 2.90. The van der Waals surface area contributed by atoms with Crippen LogP contribution < -0.4 is 10.1 Å². The van der Waals surface area contributed by atoms with Crippen molar-refractivity contribution in [3.63, 3.8) is 0 Å². The molecule has 1 aromatic heterocycles. The van der Waals surface area contributed by atoms with Crippen LogP contribution in [0.15, 0.2) is 18.3 Å². The van der Waals surface area contributed by atoms with E-state index in [4.69, 9.17) is 9.47 Å². The number of carbonyl (C=O) groups is 2. The number of carbonyl (C=O) groups excluding carboxylic acids is 2. The van der Waals surface area contributed by atoms with Gasteiger partial charge in [-0.25, -0.2) is 9.78 Å². The van der Waals surface area contributed by atoms with Gasteiger partial charge in [0.2, 0.25) is 11.8 Å². The first-order valence-electron chi connectivity index (χ1n) is 9.89. The van der Waals surface area contributed by atoms with Gasteiger partial charge in [-0.15, -0.1) is 0 Å². The van der Waals surface area contributed by atoms with Gasteiger partial charge in [0.25, 0.3) is 0 Å². The molecule has 0 radical (unpaired) electrons. The summed E-state index contributed by atoms with van der Waals surface area (Å²) in [4.78, 5) is 29.9. The summed E-state index contributed by atoms with van der Waals surface area (Å²) in [5, 5.41) is 3.03. The van der Waals surface area contributed by atoms with Gasteiger partial charge < -0.3 is 14.8 Å². The predicted molar refractivity (Wildman–Crippen MR) is 99.0 cm³/mol. The Bertz CT molecular complexity index is 697. The summed E-state index contributed by atoms with van der Waals surface area (Å²) >= 11 is 0. The number of methoxy groups -OCH3 is 2. The second kappa shape index (κ2) is 7.13. The van der Waals surface area contributed by atoms with Crippen molar-refractivity contribution in [1.82, 2.24) is 10.3 Å². The summed E-state index contributed by atoms with van der Waals surface area (Å²) in [6.07, 6.45) is 8.68. The Hall–Kier alpha value is -2.11. The van der Waals surface area contributed by atoms with Gasteiger partial charge in [0.15, 0.2) is 0 Å². The average molecular weight is 372 g/mol. The third kappa shape index (κ3) is 3.42. The number of nitrogens with zero attached hydrogens (tertiary/aromatic N) is 1. The molecule has 1 N–H and O–H groups in total. The molecular formula is C21H28N2O4. The molecule has 4 fully saturated rings. The molecule has 1 aromatic rings. The minimum absolute atomic E-state index is 0.0276. The first-order chi connectivity index (χ1) is 13.0. The number of rotatable bonds is 6. The van der Waals surface area contributed by atoms with Crippen molar-refractivity contribution in [1.29, 1.82) is 0 Å². The zero-order valence-electron chi connectivity index (χ0n) is 16.1. The topological polar surface area (TPSA) is 77.5 Å². The molecule has 6 nitrogen and oxygen atoms in total. The molecule has 4 saturated carbocycles. The third-order valence-electron chi connectivity index (χ3n) is 6.78. The Labute approximate surface area is 160 Å². The van der Waals surface area contributed by atoms with E-state index in [1.165, 1.54) is 26.4 Å². The zero-order chi connectivity index (χ0) is 19.0. The number of hydrogen-bond donors (Lipinski definition) is 1. The largest absolute Gasteiger partial charge is 0.481 e. The molecule has 0 unspecified atom stereocenters. The van der Waals surface area contributed by atoms with Crippen LogP contribution >= 0.6 is 0 Å². The number of nitrogens with one attached hydrogen (secondary N) is 1. The Balaban J connectivity index is 1.52. The fraction of sp³-hybridized carbons (Fsp3) is 0.667. The standard InChI is InChI=1S/C21H28N2O4/c1-26-18-16(4-3-5-22-18)9-17(19(24)27-2)23-20(25)21-10-13-6-14(11-21)8-15(7-13)12-21/h3-5,13-15,17H,6-12H2,1-2H3,(H,23,25)/t13?,14?,15?,17-,21?/m0/s1. The highest BCUT2D eigenvalue weighted by molar-refractivity contribution is 5.88. The molecule has 4 aliphatic rings. The first kappa shape index (κ1) is 18.3. The fourth-order valence-corrected chi connectivity index (χ4v) is 6.02. The summed E-state index contributed by atoms with van der Waals surface area (Å²) in [6, 6.07) is 2.93. The van der Waals surface area contributed by atoms with E-state index >= 15 is 0 Å². The highest BCUT2D eigenvalue weighted by Gasteiger charge is 2.55. The first-order valence-corrected chi connectivity index (χ1v) is 9.89. The molecular weight excluding hydrogens is 344 g/mol. The molecule has 1 amide bonds. The summed E-state index contributed by atoms with van der Waals surface area (Å²) < 4.78 is 10.3. The molecule has 5 rings (SSSR count). The van der Waals surface area contributed by atoms with E-state index in [1.807, 2.05) is 6.07 Å². The quantitative estimate of drug-likeness (QED) is 0.777. The minimum Gasteiger partial charge on any atom is -0.481 e. The lowest BCUT2D eigenvalue weighted by Crippen LogP contribution is -2.56. The van der Waals surface area contributed by atoms with Gasteiger partial charge in [0.1, 0.15) is 6.04 Å². The van der Waals surface area contributed by atoms with E-state index in [0.717, 1.165) is 24.8 Å². The molecule has 0 aromatic carbocycles. The molecule has 4 aliphatic carbocycles. The number of pyridine rings is 1. The van der Waals surface area contributed by atoms with E-state index in [9.17, 15) is 9.59 Å². The molecule has 1 atom stereocenters. The third-order valence-corrected chi connectivity index (χ3v) is 6.78. The van der Waals surface area contributed by atoms with Crippen LogP contribution in [-0.2, 0) is 20.7 Å². The highest BCUT2D eigenvalue weighted by atomic mass is 16.5. The summed E-state index contributed by atoms with van der Waals surface area (Å²) in [5.41, 5.74) is 0.487. The molecule has 0 saturated heterocycles. The molecule has 6 heteroatoms. The number of aromatic nitrogens is 1. The maximum Gasteiger partial charge on any atom is 0.328 e. The lowest BCUT2D eigenvalue weighted by Gasteiger charge is -2.55. The Morgan fingerprint density at radius 3 is 2.37 bits per heavy atom. The molecule has 0 spiro atoms. The van der Waals surface area contributed by atoms with Crippen LogP contribution in [0.5, 0.6) is 5.88 Å². The second-order valence-electron chi connectivity index (χ2n) is 8.62. The number of amides is 1. The van der Waals surface area contributed by atoms with Crippen molar-refractivity contribution in [2.75, 3.05) is 14.2 Å². The van der Waals surface area contributed by atoms with Crippen LogP contribution in [0.1, 0.15) is 44.1 Å². The average Bonchev–Trinajstić information content (AvgIpc) is 2.66. The SMILES string of the molecule is COC(=O)[C@H](Cc1cccnc1OC)NC(=O)C12CC3CC(CC(C3)C1)C2. The molecule has 1 heterocycles. The number of hydrogen-bond acceptors (Lipinski definition) is 5. The van der Waals surface area contributed by atoms with Crippen LogP contribution in [0.3, 0.4) is 0 Å². The Kier molecular flexibility index (Phi) is 4.82. The molecule has 0 aliphatic heterocycles. The predicted octanol–water partition coefficient (Wildman–Crippen LogP) is 2.51. The smallest absolute Gasteiger partial charge is 0.328 e. The fourth-order valence-electron chi connectivity index (χ4n) is 6.02. The Morgan fingerprint density at radius 2 is 1.81 bits per heavy atom. The molecule has 27 heavy (non-hydrogen) atoms. The van der Waals surface area contributed by atoms with Gasteiger partial charge in [-0.05, 0) is 62.3 Å². The van der Waals surface area contributed by atoms with Gasteiger partial charge in [-0.2, -0.15) is 0 Å². The molecule has 146 valence electrons. The van der Waals surface area contributed by atoms with Gasteiger partial charge in [0, 0.05) is 23.6 Å². The van der Waals surface area contributed by atoms with Crippen LogP contribution in [0.4, 0.5) is 0 Å². The van der Waals surface area contributed by atoms with Gasteiger partial charge in [-0.3, -0.25) is 4.79 Å². The van der Waals surface area contributed by atoms with Gasteiger partial charge in [-0.1, -0.05) is 6.07 Å². The van der Waals surface area contributed by atoms with Crippen molar-refractivity contribution in [2.45, 2.75) is 51.0 Å². The van der Waals surface area contributed by atoms with E-state index in [2.05, 4.69) is 10.3 Å². The van der Waals surface area contributed by atoms with Crippen molar-refractivity contribution in [2.24, 2.45) is 23.2 Å². The second-order valence-corrected chi connectivity index (χ2v) is 8.62. The minimum atomic E-state index is -0.728. The lowest BCUT2D eigenvalue weighted by molar-refractivity contribution is -0.152. The van der Waals surface area contributed by atoms with Crippen molar-refractivity contribution >= 4 is 11.9 Å². The van der Waals surface area contributed by atoms with E-state index in [-0.39, 0.29) is 11.3 Å². The Morgan fingerprint density at radius 1 is 1.19 bits per heavy atom. The number of ether oxygens (including phenoxy) is 2. The number of esters is 1. The normalized spacial score (nSPS) is 32.0. The van der Waals surface area contributed by atoms with Crippen LogP contribution in [0, 0.1) is 23.2 Å². The maximum absolute atomic E-state index is 13.3. The van der Waals surface area contributed by atoms with Crippen molar-refractivity contribution in [3.8, 4) is 5.88 Å². The summed E-state index contributed by atoms with van der Waals surface area (Å²) in [6.45, 7) is 0. The van der Waals surface area contributed by atoms with E-state index in [1.54, 1.807) is 19.4 Å². The summed E-state index contributed by atoms with van der Waals surface area (Å²) in [5.74, 6) is 2.10. The lowest BCUT2D eigenvalue weighted by atomic mass is 9.49. The van der Waals surface area contributed by atoms with Gasteiger partial charge >= 0.3 is 5.97 Å². The van der Waals surface area contributed by atoms with Crippen molar-refractivity contribution < 1.29 is 19.1 Å². The van der Waals surface area contributed by atoms with Crippen molar-refractivity contribution in [3.05, 3.63) is 23.9 Å².